The highest BCUT2D eigenvalue weighted by Crippen LogP contribution is 2.26. The Balaban J connectivity index is 1.82. The van der Waals surface area contributed by atoms with Gasteiger partial charge in [0.25, 0.3) is 5.91 Å². The highest BCUT2D eigenvalue weighted by atomic mass is 79.9. The molecule has 0 atom stereocenters. The summed E-state index contributed by atoms with van der Waals surface area (Å²) < 4.78 is 6.51. The Morgan fingerprint density at radius 1 is 1.04 bits per heavy atom. The van der Waals surface area contributed by atoms with Gasteiger partial charge in [0, 0.05) is 10.0 Å². The van der Waals surface area contributed by atoms with Gasteiger partial charge in [-0.3, -0.25) is 4.79 Å². The van der Waals surface area contributed by atoms with Gasteiger partial charge in [0.05, 0.1) is 16.3 Å². The molecule has 0 aliphatic heterocycles. The minimum Gasteiger partial charge on any atom is -0.478 e. The largest absolute Gasteiger partial charge is 0.478 e. The molecule has 7 heteroatoms. The summed E-state index contributed by atoms with van der Waals surface area (Å²) in [6.45, 7) is 0. The van der Waals surface area contributed by atoms with Gasteiger partial charge in [-0.05, 0) is 42.5 Å². The Hall–Kier alpha value is -2.57. The fraction of sp³-hybridized carbons (Fsp3) is 0. The fourth-order valence-electron chi connectivity index (χ4n) is 2.17. The maximum atomic E-state index is 12.3. The average Bonchev–Trinajstić information content (AvgIpc) is 3.07. The molecule has 1 heterocycles. The topological polar surface area (TPSA) is 79.5 Å². The summed E-state index contributed by atoms with van der Waals surface area (Å²) in [5, 5.41) is 11.8. The molecule has 3 rings (SSSR count). The van der Waals surface area contributed by atoms with E-state index in [0.717, 1.165) is 10.0 Å². The summed E-state index contributed by atoms with van der Waals surface area (Å²) in [6.07, 6.45) is 0. The number of rotatable bonds is 4. The van der Waals surface area contributed by atoms with Crippen LogP contribution in [-0.2, 0) is 0 Å². The number of carbonyl (C=O) groups is 2. The van der Waals surface area contributed by atoms with Crippen LogP contribution < -0.4 is 5.32 Å². The highest BCUT2D eigenvalue weighted by molar-refractivity contribution is 9.10. The Morgan fingerprint density at radius 2 is 1.76 bits per heavy atom. The van der Waals surface area contributed by atoms with Crippen molar-refractivity contribution in [2.75, 3.05) is 5.32 Å². The lowest BCUT2D eigenvalue weighted by atomic mass is 10.2. The number of hydrogen-bond donors (Lipinski definition) is 2. The average molecular weight is 421 g/mol. The summed E-state index contributed by atoms with van der Waals surface area (Å²) in [5.41, 5.74) is 1.05. The van der Waals surface area contributed by atoms with Crippen molar-refractivity contribution in [3.63, 3.8) is 0 Å². The molecule has 0 saturated carbocycles. The predicted octanol–water partition coefficient (Wildman–Crippen LogP) is 5.31. The second-order valence-corrected chi connectivity index (χ2v) is 6.45. The third-order valence-corrected chi connectivity index (χ3v) is 4.28. The van der Waals surface area contributed by atoms with Crippen LogP contribution in [0.3, 0.4) is 0 Å². The lowest BCUT2D eigenvalue weighted by Crippen LogP contribution is -2.12. The molecular weight excluding hydrogens is 410 g/mol. The first-order chi connectivity index (χ1) is 11.9. The van der Waals surface area contributed by atoms with Crippen LogP contribution in [0.4, 0.5) is 5.69 Å². The number of benzene rings is 2. The number of carboxylic acid groups (broad SMARTS) is 1. The highest BCUT2D eigenvalue weighted by Gasteiger charge is 2.15. The van der Waals surface area contributed by atoms with E-state index in [1.807, 2.05) is 24.3 Å². The third kappa shape index (κ3) is 3.92. The predicted molar refractivity (Wildman–Crippen MR) is 98.2 cm³/mol. The van der Waals surface area contributed by atoms with Crippen LogP contribution in [0.5, 0.6) is 0 Å². The molecule has 0 aliphatic carbocycles. The Labute approximate surface area is 156 Å². The van der Waals surface area contributed by atoms with Crippen molar-refractivity contribution >= 4 is 45.1 Å². The molecule has 5 nitrogen and oxygen atoms in total. The SMILES string of the molecule is O=C(O)c1ccc(Cl)c(NC(=O)c2ccc(-c3ccc(Br)cc3)o2)c1. The lowest BCUT2D eigenvalue weighted by molar-refractivity contribution is 0.0696. The number of nitrogens with one attached hydrogen (secondary N) is 1. The van der Waals surface area contributed by atoms with Gasteiger partial charge in [-0.25, -0.2) is 4.79 Å². The van der Waals surface area contributed by atoms with Gasteiger partial charge in [-0.2, -0.15) is 0 Å². The third-order valence-electron chi connectivity index (χ3n) is 3.42. The molecule has 2 N–H and O–H groups in total. The Kier molecular flexibility index (Phi) is 4.92. The first-order valence-corrected chi connectivity index (χ1v) is 8.31. The van der Waals surface area contributed by atoms with E-state index in [0.29, 0.717) is 5.76 Å². The molecule has 0 unspecified atom stereocenters. The van der Waals surface area contributed by atoms with Crippen molar-refractivity contribution in [1.82, 2.24) is 0 Å². The smallest absolute Gasteiger partial charge is 0.335 e. The zero-order chi connectivity index (χ0) is 18.0. The van der Waals surface area contributed by atoms with Gasteiger partial charge in [-0.15, -0.1) is 0 Å². The molecule has 0 saturated heterocycles. The standard InChI is InChI=1S/C18H11BrClNO4/c19-12-4-1-10(2-5-12)15-7-8-16(25-15)17(22)21-14-9-11(18(23)24)3-6-13(14)20/h1-9H,(H,21,22)(H,23,24). The minimum absolute atomic E-state index is 0.0229. The van der Waals surface area contributed by atoms with Gasteiger partial charge >= 0.3 is 5.97 Å². The molecular formula is C18H11BrClNO4. The number of hydrogen-bond acceptors (Lipinski definition) is 3. The van der Waals surface area contributed by atoms with Crippen molar-refractivity contribution in [3.05, 3.63) is 75.4 Å². The summed E-state index contributed by atoms with van der Waals surface area (Å²) in [5.74, 6) is -0.992. The monoisotopic (exact) mass is 419 g/mol. The second kappa shape index (κ2) is 7.13. The van der Waals surface area contributed by atoms with Gasteiger partial charge in [0.15, 0.2) is 5.76 Å². The number of carbonyl (C=O) groups excluding carboxylic acids is 1. The van der Waals surface area contributed by atoms with E-state index in [9.17, 15) is 9.59 Å². The van der Waals surface area contributed by atoms with Gasteiger partial charge < -0.3 is 14.8 Å². The summed E-state index contributed by atoms with van der Waals surface area (Å²) in [4.78, 5) is 23.4. The van der Waals surface area contributed by atoms with Crippen molar-refractivity contribution in [1.29, 1.82) is 0 Å². The number of amides is 1. The van der Waals surface area contributed by atoms with Gasteiger partial charge in [-0.1, -0.05) is 39.7 Å². The quantitative estimate of drug-likeness (QED) is 0.599. The van der Waals surface area contributed by atoms with E-state index in [4.69, 9.17) is 21.1 Å². The van der Waals surface area contributed by atoms with E-state index in [-0.39, 0.29) is 22.0 Å². The van der Waals surface area contributed by atoms with Gasteiger partial charge in [0.1, 0.15) is 5.76 Å². The summed E-state index contributed by atoms with van der Waals surface area (Å²) >= 11 is 9.36. The Bertz CT molecular complexity index is 950. The molecule has 0 aliphatic rings. The molecule has 126 valence electrons. The van der Waals surface area contributed by atoms with E-state index in [1.54, 1.807) is 12.1 Å². The first kappa shape index (κ1) is 17.3. The number of carboxylic acids is 1. The van der Waals surface area contributed by atoms with E-state index in [2.05, 4.69) is 21.2 Å². The molecule has 25 heavy (non-hydrogen) atoms. The van der Waals surface area contributed by atoms with E-state index < -0.39 is 11.9 Å². The van der Waals surface area contributed by atoms with Crippen molar-refractivity contribution < 1.29 is 19.1 Å². The summed E-state index contributed by atoms with van der Waals surface area (Å²) in [6, 6.07) is 14.8. The number of halogens is 2. The second-order valence-electron chi connectivity index (χ2n) is 5.12. The summed E-state index contributed by atoms with van der Waals surface area (Å²) in [7, 11) is 0. The number of anilines is 1. The van der Waals surface area contributed by atoms with Crippen LogP contribution in [0.2, 0.25) is 5.02 Å². The number of aromatic carboxylic acids is 1. The van der Waals surface area contributed by atoms with Crippen molar-refractivity contribution in [2.45, 2.75) is 0 Å². The number of furan rings is 1. The van der Waals surface area contributed by atoms with Crippen LogP contribution in [0.1, 0.15) is 20.9 Å². The van der Waals surface area contributed by atoms with Crippen molar-refractivity contribution in [2.24, 2.45) is 0 Å². The molecule has 0 fully saturated rings. The zero-order valence-corrected chi connectivity index (χ0v) is 15.0. The maximum Gasteiger partial charge on any atom is 0.335 e. The maximum absolute atomic E-state index is 12.3. The van der Waals surface area contributed by atoms with Crippen molar-refractivity contribution in [3.8, 4) is 11.3 Å². The van der Waals surface area contributed by atoms with Crippen LogP contribution in [0.25, 0.3) is 11.3 Å². The first-order valence-electron chi connectivity index (χ1n) is 7.14. The van der Waals surface area contributed by atoms with E-state index in [1.165, 1.54) is 18.2 Å². The van der Waals surface area contributed by atoms with E-state index >= 15 is 0 Å². The minimum atomic E-state index is -1.11. The molecule has 3 aromatic rings. The normalized spacial score (nSPS) is 10.5. The Morgan fingerprint density at radius 3 is 2.44 bits per heavy atom. The van der Waals surface area contributed by atoms with Crippen LogP contribution >= 0.6 is 27.5 Å². The van der Waals surface area contributed by atoms with Crippen LogP contribution in [-0.4, -0.2) is 17.0 Å². The zero-order valence-electron chi connectivity index (χ0n) is 12.6. The molecule has 0 spiro atoms. The molecule has 0 bridgehead atoms. The van der Waals surface area contributed by atoms with Crippen LogP contribution in [0.15, 0.2) is 63.5 Å². The molecule has 1 aromatic heterocycles. The molecule has 2 aromatic carbocycles. The molecule has 0 radical (unpaired) electrons. The molecule has 1 amide bonds. The fourth-order valence-corrected chi connectivity index (χ4v) is 2.60. The van der Waals surface area contributed by atoms with Gasteiger partial charge in [0.2, 0.25) is 0 Å². The lowest BCUT2D eigenvalue weighted by Gasteiger charge is -2.07. The van der Waals surface area contributed by atoms with Crippen LogP contribution in [0, 0.1) is 0 Å².